The number of carbonyl (C=O) groups is 1. The third-order valence-corrected chi connectivity index (χ3v) is 2.74. The van der Waals surface area contributed by atoms with E-state index in [1.807, 2.05) is 0 Å². The molecule has 17 heavy (non-hydrogen) atoms. The van der Waals surface area contributed by atoms with Crippen LogP contribution in [0.5, 0.6) is 0 Å². The number of carbonyl (C=O) groups excluding carboxylic acids is 1. The van der Waals surface area contributed by atoms with Gasteiger partial charge in [0.1, 0.15) is 0 Å². The van der Waals surface area contributed by atoms with Gasteiger partial charge in [-0.15, -0.1) is 0 Å². The first-order valence-electron chi connectivity index (χ1n) is 5.87. The van der Waals surface area contributed by atoms with Crippen molar-refractivity contribution >= 4 is 6.03 Å². The molecule has 2 amide bonds. The molecule has 2 atom stereocenters. The van der Waals surface area contributed by atoms with Crippen molar-refractivity contribution in [1.29, 1.82) is 0 Å². The molecule has 0 aromatic carbocycles. The van der Waals surface area contributed by atoms with Crippen LogP contribution in [0.15, 0.2) is 0 Å². The fourth-order valence-electron chi connectivity index (χ4n) is 1.57. The largest absolute Gasteiger partial charge is 0.388 e. The zero-order valence-corrected chi connectivity index (χ0v) is 10.5. The first-order valence-corrected chi connectivity index (χ1v) is 5.87. The second-order valence-corrected chi connectivity index (χ2v) is 4.63. The summed E-state index contributed by atoms with van der Waals surface area (Å²) >= 11 is 0. The molecule has 6 heteroatoms. The van der Waals surface area contributed by atoms with E-state index in [1.165, 1.54) is 0 Å². The summed E-state index contributed by atoms with van der Waals surface area (Å²) in [5.74, 6) is 0. The average molecular weight is 246 g/mol. The summed E-state index contributed by atoms with van der Waals surface area (Å²) in [4.78, 5) is 11.5. The molecule has 1 aliphatic heterocycles. The Hall–Kier alpha value is -0.850. The fourth-order valence-corrected chi connectivity index (χ4v) is 1.57. The summed E-state index contributed by atoms with van der Waals surface area (Å²) in [6, 6.07) is -0.183. The monoisotopic (exact) mass is 246 g/mol. The van der Waals surface area contributed by atoms with Crippen molar-refractivity contribution in [3.05, 3.63) is 0 Å². The quantitative estimate of drug-likeness (QED) is 0.609. The van der Waals surface area contributed by atoms with Gasteiger partial charge in [0.25, 0.3) is 0 Å². The van der Waals surface area contributed by atoms with Gasteiger partial charge in [-0.05, 0) is 13.3 Å². The highest BCUT2D eigenvalue weighted by Gasteiger charge is 2.22. The lowest BCUT2D eigenvalue weighted by molar-refractivity contribution is 0.0269. The fraction of sp³-hybridized carbons (Fsp3) is 0.909. The Bertz CT molecular complexity index is 240. The SMILES string of the molecule is COCCC(C)(O)CNC(=O)NC1CCOC1. The van der Waals surface area contributed by atoms with Gasteiger partial charge in [0, 0.05) is 33.3 Å². The molecule has 0 aliphatic carbocycles. The van der Waals surface area contributed by atoms with Crippen LogP contribution in [0.1, 0.15) is 19.8 Å². The molecule has 0 bridgehead atoms. The Labute approximate surface area is 102 Å². The highest BCUT2D eigenvalue weighted by molar-refractivity contribution is 5.74. The Morgan fingerprint density at radius 3 is 3.00 bits per heavy atom. The van der Waals surface area contributed by atoms with E-state index in [0.29, 0.717) is 26.2 Å². The number of hydrogen-bond donors (Lipinski definition) is 3. The Balaban J connectivity index is 2.17. The minimum atomic E-state index is -0.945. The molecule has 0 spiro atoms. The minimum absolute atomic E-state index is 0.0823. The van der Waals surface area contributed by atoms with Crippen molar-refractivity contribution in [3.63, 3.8) is 0 Å². The molecule has 1 aliphatic rings. The maximum absolute atomic E-state index is 11.5. The van der Waals surface area contributed by atoms with Gasteiger partial charge in [-0.1, -0.05) is 0 Å². The molecule has 2 unspecified atom stereocenters. The number of nitrogens with one attached hydrogen (secondary N) is 2. The molecule has 1 saturated heterocycles. The van der Waals surface area contributed by atoms with Crippen LogP contribution in [-0.4, -0.2) is 56.3 Å². The van der Waals surface area contributed by atoms with Crippen molar-refractivity contribution in [1.82, 2.24) is 10.6 Å². The zero-order valence-electron chi connectivity index (χ0n) is 10.5. The van der Waals surface area contributed by atoms with E-state index in [0.717, 1.165) is 6.42 Å². The smallest absolute Gasteiger partial charge is 0.315 e. The third kappa shape index (κ3) is 5.86. The van der Waals surface area contributed by atoms with E-state index >= 15 is 0 Å². The topological polar surface area (TPSA) is 79.8 Å². The van der Waals surface area contributed by atoms with Gasteiger partial charge >= 0.3 is 6.03 Å². The number of rotatable bonds is 6. The molecular weight excluding hydrogens is 224 g/mol. The van der Waals surface area contributed by atoms with E-state index in [1.54, 1.807) is 14.0 Å². The third-order valence-electron chi connectivity index (χ3n) is 2.74. The number of methoxy groups -OCH3 is 1. The number of urea groups is 1. The van der Waals surface area contributed by atoms with E-state index in [2.05, 4.69) is 10.6 Å². The minimum Gasteiger partial charge on any atom is -0.388 e. The Kier molecular flexibility index (Phi) is 5.67. The number of aliphatic hydroxyl groups is 1. The second kappa shape index (κ2) is 6.78. The van der Waals surface area contributed by atoms with Crippen LogP contribution in [0.4, 0.5) is 4.79 Å². The molecule has 0 aromatic rings. The molecule has 1 fully saturated rings. The maximum Gasteiger partial charge on any atom is 0.315 e. The van der Waals surface area contributed by atoms with Crippen LogP contribution in [0.25, 0.3) is 0 Å². The molecular formula is C11H22N2O4. The Morgan fingerprint density at radius 1 is 1.65 bits per heavy atom. The van der Waals surface area contributed by atoms with Crippen molar-refractivity contribution in [2.75, 3.05) is 33.5 Å². The molecule has 6 nitrogen and oxygen atoms in total. The van der Waals surface area contributed by atoms with Crippen molar-refractivity contribution in [3.8, 4) is 0 Å². The number of ether oxygens (including phenoxy) is 2. The maximum atomic E-state index is 11.5. The van der Waals surface area contributed by atoms with Crippen molar-refractivity contribution in [2.45, 2.75) is 31.4 Å². The van der Waals surface area contributed by atoms with Gasteiger partial charge in [-0.3, -0.25) is 0 Å². The average Bonchev–Trinajstić information content (AvgIpc) is 2.77. The predicted octanol–water partition coefficient (Wildman–Crippen LogP) is -0.138. The van der Waals surface area contributed by atoms with Crippen molar-refractivity contribution < 1.29 is 19.4 Å². The molecule has 0 radical (unpaired) electrons. The summed E-state index contributed by atoms with van der Waals surface area (Å²) in [5.41, 5.74) is -0.945. The van der Waals surface area contributed by atoms with Crippen LogP contribution >= 0.6 is 0 Å². The second-order valence-electron chi connectivity index (χ2n) is 4.63. The lowest BCUT2D eigenvalue weighted by Gasteiger charge is -2.23. The van der Waals surface area contributed by atoms with Crippen LogP contribution < -0.4 is 10.6 Å². The molecule has 1 rings (SSSR count). The molecule has 0 saturated carbocycles. The lowest BCUT2D eigenvalue weighted by atomic mass is 10.0. The van der Waals surface area contributed by atoms with Crippen LogP contribution in [0.3, 0.4) is 0 Å². The van der Waals surface area contributed by atoms with Gasteiger partial charge in [-0.2, -0.15) is 0 Å². The molecule has 0 aromatic heterocycles. The summed E-state index contributed by atoms with van der Waals surface area (Å²) in [6.07, 6.45) is 1.32. The normalized spacial score (nSPS) is 23.1. The summed E-state index contributed by atoms with van der Waals surface area (Å²) in [7, 11) is 1.58. The lowest BCUT2D eigenvalue weighted by Crippen LogP contribution is -2.48. The summed E-state index contributed by atoms with van der Waals surface area (Å²) in [6.45, 7) is 3.59. The molecule has 1 heterocycles. The molecule has 100 valence electrons. The standard InChI is InChI=1S/C11H22N2O4/c1-11(15,4-6-16-2)8-12-10(14)13-9-3-5-17-7-9/h9,15H,3-8H2,1-2H3,(H2,12,13,14). The number of hydrogen-bond acceptors (Lipinski definition) is 4. The van der Waals surface area contributed by atoms with Gasteiger partial charge in [0.15, 0.2) is 0 Å². The van der Waals surface area contributed by atoms with Gasteiger partial charge in [0.2, 0.25) is 0 Å². The van der Waals surface area contributed by atoms with E-state index in [-0.39, 0.29) is 18.6 Å². The predicted molar refractivity (Wildman–Crippen MR) is 62.9 cm³/mol. The van der Waals surface area contributed by atoms with Gasteiger partial charge in [-0.25, -0.2) is 4.79 Å². The van der Waals surface area contributed by atoms with Crippen LogP contribution in [-0.2, 0) is 9.47 Å². The van der Waals surface area contributed by atoms with Gasteiger partial charge in [0.05, 0.1) is 18.2 Å². The van der Waals surface area contributed by atoms with E-state index in [4.69, 9.17) is 9.47 Å². The van der Waals surface area contributed by atoms with Crippen molar-refractivity contribution in [2.24, 2.45) is 0 Å². The van der Waals surface area contributed by atoms with Crippen LogP contribution in [0.2, 0.25) is 0 Å². The Morgan fingerprint density at radius 2 is 2.41 bits per heavy atom. The number of amides is 2. The highest BCUT2D eigenvalue weighted by Crippen LogP contribution is 2.07. The first-order chi connectivity index (χ1) is 8.03. The highest BCUT2D eigenvalue weighted by atomic mass is 16.5. The van der Waals surface area contributed by atoms with E-state index in [9.17, 15) is 9.90 Å². The van der Waals surface area contributed by atoms with Crippen LogP contribution in [0, 0.1) is 0 Å². The zero-order chi connectivity index (χ0) is 12.7. The molecule has 3 N–H and O–H groups in total. The van der Waals surface area contributed by atoms with E-state index < -0.39 is 5.60 Å². The first kappa shape index (κ1) is 14.2. The summed E-state index contributed by atoms with van der Waals surface area (Å²) < 4.78 is 10.0. The summed E-state index contributed by atoms with van der Waals surface area (Å²) in [5, 5.41) is 15.3. The van der Waals surface area contributed by atoms with Gasteiger partial charge < -0.3 is 25.2 Å².